The Labute approximate surface area is 242 Å². The highest BCUT2D eigenvalue weighted by Crippen LogP contribution is 2.27. The highest BCUT2D eigenvalue weighted by Gasteiger charge is 2.17. The Hall–Kier alpha value is -5.02. The van der Waals surface area contributed by atoms with Gasteiger partial charge in [0.25, 0.3) is 11.8 Å². The van der Waals surface area contributed by atoms with Crippen molar-refractivity contribution in [3.63, 3.8) is 0 Å². The van der Waals surface area contributed by atoms with Crippen molar-refractivity contribution in [1.82, 2.24) is 5.32 Å². The van der Waals surface area contributed by atoms with Gasteiger partial charge in [-0.15, -0.1) is 11.8 Å². The quantitative estimate of drug-likeness (QED) is 0.119. The third kappa shape index (κ3) is 7.77. The average molecular weight is 569 g/mol. The molecule has 41 heavy (non-hydrogen) atoms. The molecule has 208 valence electrons. The van der Waals surface area contributed by atoms with Crippen molar-refractivity contribution >= 4 is 41.1 Å². The zero-order chi connectivity index (χ0) is 29.2. The van der Waals surface area contributed by atoms with Crippen LogP contribution in [0.3, 0.4) is 0 Å². The molecule has 0 aliphatic rings. The van der Waals surface area contributed by atoms with Crippen LogP contribution < -0.4 is 20.1 Å². The van der Waals surface area contributed by atoms with Gasteiger partial charge in [0.15, 0.2) is 5.78 Å². The topological polar surface area (TPSA) is 114 Å². The van der Waals surface area contributed by atoms with Crippen LogP contribution in [0.2, 0.25) is 0 Å². The lowest BCUT2D eigenvalue weighted by Crippen LogP contribution is -2.30. The fraction of sp³-hybridized carbons (Fsp3) is 0.0938. The molecule has 8 nitrogen and oxygen atoms in total. The summed E-state index contributed by atoms with van der Waals surface area (Å²) in [7, 11) is 2.96. The molecule has 3 N–H and O–H groups in total. The molecule has 0 radical (unpaired) electrons. The van der Waals surface area contributed by atoms with E-state index < -0.39 is 11.8 Å². The minimum Gasteiger partial charge on any atom is -0.508 e. The maximum Gasteiger partial charge on any atom is 0.272 e. The Morgan fingerprint density at radius 2 is 1.56 bits per heavy atom. The van der Waals surface area contributed by atoms with Crippen LogP contribution in [0.5, 0.6) is 17.2 Å². The fourth-order valence-electron chi connectivity index (χ4n) is 3.88. The van der Waals surface area contributed by atoms with E-state index in [1.807, 2.05) is 6.07 Å². The number of ketones is 1. The number of para-hydroxylation sites is 1. The Balaban J connectivity index is 1.53. The number of nitrogens with one attached hydrogen (secondary N) is 2. The van der Waals surface area contributed by atoms with E-state index in [0.717, 1.165) is 4.90 Å². The average Bonchev–Trinajstić information content (AvgIpc) is 3.00. The molecule has 0 aliphatic heterocycles. The third-order valence-corrected chi connectivity index (χ3v) is 6.91. The summed E-state index contributed by atoms with van der Waals surface area (Å²) in [5.74, 6) is -0.115. The molecule has 2 amide bonds. The van der Waals surface area contributed by atoms with Crippen molar-refractivity contribution in [2.24, 2.45) is 0 Å². The molecular formula is C32H28N2O6S. The van der Waals surface area contributed by atoms with Gasteiger partial charge in [-0.25, -0.2) is 0 Å². The summed E-state index contributed by atoms with van der Waals surface area (Å²) >= 11 is 1.33. The second kappa shape index (κ2) is 13.9. The van der Waals surface area contributed by atoms with Crippen LogP contribution in [0.25, 0.3) is 6.08 Å². The van der Waals surface area contributed by atoms with E-state index >= 15 is 0 Å². The van der Waals surface area contributed by atoms with Crippen LogP contribution in [0, 0.1) is 0 Å². The summed E-state index contributed by atoms with van der Waals surface area (Å²) in [6, 6.07) is 27.1. The maximum absolute atomic E-state index is 13.4. The van der Waals surface area contributed by atoms with Gasteiger partial charge >= 0.3 is 0 Å². The standard InChI is InChI=1S/C32H28N2O6S/c1-39-29-14-7-6-13-26(29)28(36)20-41-25-12-8-11-23(18-25)33-32(38)27(34-31(37)21-9-4-3-5-10-21)17-22-15-16-24(35)19-30(22)40-2/h3-19,35H,20H2,1-2H3,(H,33,38)(H,34,37)/b27-17-. The number of phenolic OH excluding ortho intramolecular Hbond substituents is 1. The number of hydrogen-bond acceptors (Lipinski definition) is 7. The van der Waals surface area contributed by atoms with Gasteiger partial charge in [-0.3, -0.25) is 14.4 Å². The first-order chi connectivity index (χ1) is 19.9. The molecule has 0 spiro atoms. The second-order valence-corrected chi connectivity index (χ2v) is 9.75. The van der Waals surface area contributed by atoms with E-state index in [1.165, 1.54) is 44.2 Å². The Morgan fingerprint density at radius 3 is 2.32 bits per heavy atom. The number of carbonyl (C=O) groups excluding carboxylic acids is 3. The SMILES string of the molecule is COc1cc(O)ccc1/C=C(\NC(=O)c1ccccc1)C(=O)Nc1cccc(SCC(=O)c2ccccc2OC)c1. The monoisotopic (exact) mass is 568 g/mol. The van der Waals surface area contributed by atoms with Crippen molar-refractivity contribution in [2.45, 2.75) is 4.90 Å². The first-order valence-electron chi connectivity index (χ1n) is 12.5. The summed E-state index contributed by atoms with van der Waals surface area (Å²) in [6.07, 6.45) is 1.47. The van der Waals surface area contributed by atoms with Gasteiger partial charge in [0.1, 0.15) is 22.9 Å². The molecular weight excluding hydrogens is 540 g/mol. The van der Waals surface area contributed by atoms with Crippen molar-refractivity contribution < 1.29 is 29.0 Å². The van der Waals surface area contributed by atoms with Crippen molar-refractivity contribution in [2.75, 3.05) is 25.3 Å². The van der Waals surface area contributed by atoms with Crippen molar-refractivity contribution in [3.8, 4) is 17.2 Å². The van der Waals surface area contributed by atoms with Crippen LogP contribution in [0.4, 0.5) is 5.69 Å². The van der Waals surface area contributed by atoms with Crippen LogP contribution in [-0.4, -0.2) is 42.7 Å². The molecule has 0 bridgehead atoms. The molecule has 0 aliphatic carbocycles. The number of phenols is 1. The van der Waals surface area contributed by atoms with E-state index in [1.54, 1.807) is 78.9 Å². The first-order valence-corrected chi connectivity index (χ1v) is 13.5. The van der Waals surface area contributed by atoms with Gasteiger partial charge in [0.2, 0.25) is 0 Å². The van der Waals surface area contributed by atoms with Gasteiger partial charge in [-0.05, 0) is 60.7 Å². The number of rotatable bonds is 11. The molecule has 0 saturated carbocycles. The van der Waals surface area contributed by atoms with E-state index in [0.29, 0.717) is 33.9 Å². The predicted octanol–water partition coefficient (Wildman–Crippen LogP) is 5.79. The van der Waals surface area contributed by atoms with Gasteiger partial charge in [0, 0.05) is 27.8 Å². The number of carbonyl (C=O) groups is 3. The lowest BCUT2D eigenvalue weighted by Gasteiger charge is -2.13. The van der Waals surface area contributed by atoms with Crippen molar-refractivity contribution in [1.29, 1.82) is 0 Å². The zero-order valence-electron chi connectivity index (χ0n) is 22.4. The number of hydrogen-bond donors (Lipinski definition) is 3. The molecule has 4 aromatic rings. The summed E-state index contributed by atoms with van der Waals surface area (Å²) < 4.78 is 10.6. The first kappa shape index (κ1) is 29.0. The number of anilines is 1. The van der Waals surface area contributed by atoms with Crippen LogP contribution in [0.1, 0.15) is 26.3 Å². The summed E-state index contributed by atoms with van der Waals surface area (Å²) in [4.78, 5) is 39.9. The Bertz CT molecular complexity index is 1590. The number of thioether (sulfide) groups is 1. The number of Topliss-reactive ketones (excluding diaryl/α,β-unsaturated/α-hetero) is 1. The smallest absolute Gasteiger partial charge is 0.272 e. The molecule has 0 fully saturated rings. The summed E-state index contributed by atoms with van der Waals surface area (Å²) in [5.41, 5.74) is 1.79. The molecule has 0 heterocycles. The van der Waals surface area contributed by atoms with Gasteiger partial charge < -0.3 is 25.2 Å². The molecule has 0 atom stereocenters. The van der Waals surface area contributed by atoms with Crippen LogP contribution in [-0.2, 0) is 4.79 Å². The maximum atomic E-state index is 13.4. The summed E-state index contributed by atoms with van der Waals surface area (Å²) in [6.45, 7) is 0. The van der Waals surface area contributed by atoms with E-state index in [9.17, 15) is 19.5 Å². The number of methoxy groups -OCH3 is 2. The normalized spacial score (nSPS) is 10.9. The molecule has 9 heteroatoms. The number of aromatic hydroxyl groups is 1. The number of ether oxygens (including phenoxy) is 2. The van der Waals surface area contributed by atoms with Gasteiger partial charge in [-0.1, -0.05) is 36.4 Å². The lowest BCUT2D eigenvalue weighted by atomic mass is 10.1. The second-order valence-electron chi connectivity index (χ2n) is 8.70. The highest BCUT2D eigenvalue weighted by atomic mass is 32.2. The predicted molar refractivity (Wildman–Crippen MR) is 160 cm³/mol. The van der Waals surface area contributed by atoms with Gasteiger partial charge in [0.05, 0.1) is 25.5 Å². The molecule has 4 aromatic carbocycles. The minimum absolute atomic E-state index is 0.00294. The largest absolute Gasteiger partial charge is 0.508 e. The highest BCUT2D eigenvalue weighted by molar-refractivity contribution is 8.00. The Morgan fingerprint density at radius 1 is 0.829 bits per heavy atom. The van der Waals surface area contributed by atoms with E-state index in [2.05, 4.69) is 10.6 Å². The zero-order valence-corrected chi connectivity index (χ0v) is 23.2. The van der Waals surface area contributed by atoms with Gasteiger partial charge in [-0.2, -0.15) is 0 Å². The van der Waals surface area contributed by atoms with E-state index in [4.69, 9.17) is 9.47 Å². The summed E-state index contributed by atoms with van der Waals surface area (Å²) in [5, 5.41) is 15.3. The Kier molecular flexibility index (Phi) is 9.80. The lowest BCUT2D eigenvalue weighted by molar-refractivity contribution is -0.113. The van der Waals surface area contributed by atoms with Crippen LogP contribution >= 0.6 is 11.8 Å². The number of amides is 2. The van der Waals surface area contributed by atoms with Crippen LogP contribution in [0.15, 0.2) is 108 Å². The van der Waals surface area contributed by atoms with E-state index in [-0.39, 0.29) is 23.0 Å². The third-order valence-electron chi connectivity index (χ3n) is 5.91. The number of benzene rings is 4. The fourth-order valence-corrected chi connectivity index (χ4v) is 4.72. The minimum atomic E-state index is -0.573. The molecule has 0 saturated heterocycles. The van der Waals surface area contributed by atoms with Crippen molar-refractivity contribution in [3.05, 3.63) is 119 Å². The molecule has 0 aromatic heterocycles. The molecule has 0 unspecified atom stereocenters. The molecule has 4 rings (SSSR count).